The van der Waals surface area contributed by atoms with Gasteiger partial charge in [-0.3, -0.25) is 0 Å². The Morgan fingerprint density at radius 3 is 2.68 bits per heavy atom. The molecule has 2 N–H and O–H groups in total. The van der Waals surface area contributed by atoms with Crippen molar-refractivity contribution in [3.8, 4) is 16.9 Å². The molecule has 6 heteroatoms. The van der Waals surface area contributed by atoms with Gasteiger partial charge in [0.05, 0.1) is 19.1 Å². The number of ether oxygens (including phenoxy) is 1. The first-order chi connectivity index (χ1) is 10.7. The molecule has 0 amide bonds. The predicted molar refractivity (Wildman–Crippen MR) is 89.7 cm³/mol. The van der Waals surface area contributed by atoms with E-state index in [2.05, 4.69) is 22.2 Å². The first kappa shape index (κ1) is 14.7. The average Bonchev–Trinajstić information content (AvgIpc) is 2.89. The second-order valence-electron chi connectivity index (χ2n) is 4.81. The van der Waals surface area contributed by atoms with Gasteiger partial charge in [0.25, 0.3) is 0 Å². The molecule has 2 aromatic heterocycles. The third-order valence-corrected chi connectivity index (χ3v) is 4.46. The zero-order valence-corrected chi connectivity index (χ0v) is 13.3. The van der Waals surface area contributed by atoms with Crippen molar-refractivity contribution >= 4 is 27.4 Å². The molecular formula is C16H17N3O2S. The molecule has 2 heterocycles. The Kier molecular flexibility index (Phi) is 4.22. The van der Waals surface area contributed by atoms with E-state index in [9.17, 15) is 0 Å². The van der Waals surface area contributed by atoms with E-state index in [1.807, 2.05) is 24.3 Å². The zero-order valence-electron chi connectivity index (χ0n) is 12.5. The number of aliphatic hydroxyl groups is 1. The number of benzene rings is 1. The number of aliphatic hydroxyl groups excluding tert-OH is 1. The normalized spacial score (nSPS) is 10.9. The van der Waals surface area contributed by atoms with Crippen LogP contribution in [-0.4, -0.2) is 35.3 Å². The highest BCUT2D eigenvalue weighted by Gasteiger charge is 2.16. The number of hydrogen-bond acceptors (Lipinski definition) is 6. The van der Waals surface area contributed by atoms with Crippen LogP contribution in [0.1, 0.15) is 4.88 Å². The number of fused-ring (bicyclic) bond motifs is 1. The van der Waals surface area contributed by atoms with Crippen molar-refractivity contribution in [2.75, 3.05) is 25.6 Å². The molecule has 0 saturated heterocycles. The summed E-state index contributed by atoms with van der Waals surface area (Å²) >= 11 is 1.65. The largest absolute Gasteiger partial charge is 0.497 e. The SMILES string of the molecule is COc1ccc(-c2c(C)sc3ncnc(NCCO)c23)cc1. The van der Waals surface area contributed by atoms with Gasteiger partial charge in [0.2, 0.25) is 0 Å². The Labute approximate surface area is 132 Å². The number of anilines is 1. The zero-order chi connectivity index (χ0) is 15.5. The second kappa shape index (κ2) is 6.29. The number of methoxy groups -OCH3 is 1. The second-order valence-corrected chi connectivity index (χ2v) is 6.02. The molecule has 0 aliphatic rings. The summed E-state index contributed by atoms with van der Waals surface area (Å²) in [4.78, 5) is 10.8. The highest BCUT2D eigenvalue weighted by molar-refractivity contribution is 7.19. The van der Waals surface area contributed by atoms with E-state index < -0.39 is 0 Å². The van der Waals surface area contributed by atoms with Crippen molar-refractivity contribution in [1.29, 1.82) is 0 Å². The molecule has 0 aliphatic heterocycles. The van der Waals surface area contributed by atoms with E-state index in [-0.39, 0.29) is 6.61 Å². The lowest BCUT2D eigenvalue weighted by Gasteiger charge is -2.08. The standard InChI is InChI=1S/C16H17N3O2S/c1-10-13(11-3-5-12(21-2)6-4-11)14-15(17-7-8-20)18-9-19-16(14)22-10/h3-6,9,20H,7-8H2,1-2H3,(H,17,18,19). The Hall–Kier alpha value is -2.18. The molecule has 0 atom stereocenters. The molecule has 0 aliphatic carbocycles. The van der Waals surface area contributed by atoms with E-state index in [0.717, 1.165) is 32.9 Å². The molecule has 22 heavy (non-hydrogen) atoms. The van der Waals surface area contributed by atoms with E-state index in [1.165, 1.54) is 4.88 Å². The molecule has 3 rings (SSSR count). The highest BCUT2D eigenvalue weighted by atomic mass is 32.1. The molecule has 0 bridgehead atoms. The lowest BCUT2D eigenvalue weighted by atomic mass is 10.0. The molecule has 1 aromatic carbocycles. The van der Waals surface area contributed by atoms with Crippen LogP contribution < -0.4 is 10.1 Å². The van der Waals surface area contributed by atoms with Crippen molar-refractivity contribution in [2.45, 2.75) is 6.92 Å². The molecular weight excluding hydrogens is 298 g/mol. The fourth-order valence-electron chi connectivity index (χ4n) is 2.46. The third kappa shape index (κ3) is 2.63. The summed E-state index contributed by atoms with van der Waals surface area (Å²) in [5, 5.41) is 13.2. The van der Waals surface area contributed by atoms with Crippen LogP contribution >= 0.6 is 11.3 Å². The van der Waals surface area contributed by atoms with E-state index in [0.29, 0.717) is 6.54 Å². The van der Waals surface area contributed by atoms with Crippen molar-refractivity contribution in [2.24, 2.45) is 0 Å². The van der Waals surface area contributed by atoms with Crippen LogP contribution in [0.15, 0.2) is 30.6 Å². The van der Waals surface area contributed by atoms with Gasteiger partial charge < -0.3 is 15.2 Å². The summed E-state index contributed by atoms with van der Waals surface area (Å²) in [5.41, 5.74) is 2.23. The Bertz CT molecular complexity index is 784. The van der Waals surface area contributed by atoms with E-state index in [4.69, 9.17) is 9.84 Å². The minimum absolute atomic E-state index is 0.0620. The smallest absolute Gasteiger partial charge is 0.138 e. The Balaban J connectivity index is 2.16. The molecule has 0 fully saturated rings. The number of hydrogen-bond donors (Lipinski definition) is 2. The topological polar surface area (TPSA) is 67.3 Å². The van der Waals surface area contributed by atoms with Gasteiger partial charge in [-0.05, 0) is 24.6 Å². The summed E-state index contributed by atoms with van der Waals surface area (Å²) in [6.45, 7) is 2.61. The van der Waals surface area contributed by atoms with Crippen LogP contribution in [0.2, 0.25) is 0 Å². The molecule has 0 radical (unpaired) electrons. The van der Waals surface area contributed by atoms with Gasteiger partial charge in [-0.2, -0.15) is 0 Å². The number of rotatable bonds is 5. The Morgan fingerprint density at radius 2 is 2.00 bits per heavy atom. The van der Waals surface area contributed by atoms with Crippen molar-refractivity contribution in [3.63, 3.8) is 0 Å². The average molecular weight is 315 g/mol. The summed E-state index contributed by atoms with van der Waals surface area (Å²) in [7, 11) is 1.66. The number of nitrogens with one attached hydrogen (secondary N) is 1. The van der Waals surface area contributed by atoms with Crippen LogP contribution in [0.4, 0.5) is 5.82 Å². The number of nitrogens with zero attached hydrogens (tertiary/aromatic N) is 2. The van der Waals surface area contributed by atoms with Crippen LogP contribution in [0, 0.1) is 6.92 Å². The maximum atomic E-state index is 9.03. The molecule has 0 unspecified atom stereocenters. The van der Waals surface area contributed by atoms with Gasteiger partial charge in [0.1, 0.15) is 22.7 Å². The Morgan fingerprint density at radius 1 is 1.23 bits per heavy atom. The molecule has 0 spiro atoms. The van der Waals surface area contributed by atoms with Crippen molar-refractivity contribution < 1.29 is 9.84 Å². The molecule has 5 nitrogen and oxygen atoms in total. The summed E-state index contributed by atoms with van der Waals surface area (Å²) in [5.74, 6) is 1.59. The maximum absolute atomic E-state index is 9.03. The number of aromatic nitrogens is 2. The van der Waals surface area contributed by atoms with E-state index in [1.54, 1.807) is 24.8 Å². The first-order valence-corrected chi connectivity index (χ1v) is 7.79. The quantitative estimate of drug-likeness (QED) is 0.757. The monoisotopic (exact) mass is 315 g/mol. The van der Waals surface area contributed by atoms with Gasteiger partial charge in [-0.1, -0.05) is 12.1 Å². The van der Waals surface area contributed by atoms with Gasteiger partial charge in [0.15, 0.2) is 0 Å². The van der Waals surface area contributed by atoms with Gasteiger partial charge >= 0.3 is 0 Å². The maximum Gasteiger partial charge on any atom is 0.138 e. The third-order valence-electron chi connectivity index (χ3n) is 3.45. The summed E-state index contributed by atoms with van der Waals surface area (Å²) < 4.78 is 5.22. The van der Waals surface area contributed by atoms with Crippen molar-refractivity contribution in [3.05, 3.63) is 35.5 Å². The minimum Gasteiger partial charge on any atom is -0.497 e. The molecule has 114 valence electrons. The summed E-state index contributed by atoms with van der Waals surface area (Å²) in [6.07, 6.45) is 1.55. The molecule has 3 aromatic rings. The van der Waals surface area contributed by atoms with E-state index >= 15 is 0 Å². The summed E-state index contributed by atoms with van der Waals surface area (Å²) in [6, 6.07) is 7.97. The molecule has 0 saturated carbocycles. The highest BCUT2D eigenvalue weighted by Crippen LogP contribution is 2.40. The van der Waals surface area contributed by atoms with Crippen LogP contribution in [-0.2, 0) is 0 Å². The first-order valence-electron chi connectivity index (χ1n) is 6.98. The van der Waals surface area contributed by atoms with Gasteiger partial charge in [0, 0.05) is 17.0 Å². The fourth-order valence-corrected chi connectivity index (χ4v) is 3.47. The minimum atomic E-state index is 0.0620. The number of thiophene rings is 1. The van der Waals surface area contributed by atoms with Gasteiger partial charge in [-0.15, -0.1) is 11.3 Å². The van der Waals surface area contributed by atoms with Crippen LogP contribution in [0.3, 0.4) is 0 Å². The lowest BCUT2D eigenvalue weighted by Crippen LogP contribution is -2.07. The lowest BCUT2D eigenvalue weighted by molar-refractivity contribution is 0.311. The van der Waals surface area contributed by atoms with Crippen molar-refractivity contribution in [1.82, 2.24) is 9.97 Å². The fraction of sp³-hybridized carbons (Fsp3) is 0.250. The van der Waals surface area contributed by atoms with Crippen LogP contribution in [0.5, 0.6) is 5.75 Å². The predicted octanol–water partition coefficient (Wildman–Crippen LogP) is 3.08. The van der Waals surface area contributed by atoms with Crippen LogP contribution in [0.25, 0.3) is 21.3 Å². The van der Waals surface area contributed by atoms with Gasteiger partial charge in [-0.25, -0.2) is 9.97 Å². The number of aryl methyl sites for hydroxylation is 1.